The summed E-state index contributed by atoms with van der Waals surface area (Å²) in [5.74, 6) is 1.58. The number of anilines is 1. The number of methoxy groups -OCH3 is 2. The molecule has 0 unspecified atom stereocenters. The van der Waals surface area contributed by atoms with E-state index in [-0.39, 0.29) is 5.91 Å². The summed E-state index contributed by atoms with van der Waals surface area (Å²) in [5, 5.41) is 3.63. The number of rotatable bonds is 5. The third-order valence-electron chi connectivity index (χ3n) is 4.49. The van der Waals surface area contributed by atoms with Gasteiger partial charge in [-0.3, -0.25) is 4.79 Å². The predicted octanol–water partition coefficient (Wildman–Crippen LogP) is 5.37. The summed E-state index contributed by atoms with van der Waals surface area (Å²) in [6, 6.07) is 22.2. The fourth-order valence-electron chi connectivity index (χ4n) is 3.12. The number of benzene rings is 3. The summed E-state index contributed by atoms with van der Waals surface area (Å²) < 4.78 is 16.6. The highest BCUT2D eigenvalue weighted by molar-refractivity contribution is 6.16. The third-order valence-corrected chi connectivity index (χ3v) is 4.49. The lowest BCUT2D eigenvalue weighted by Crippen LogP contribution is -2.12. The monoisotopic (exact) mass is 373 g/mol. The zero-order valence-electron chi connectivity index (χ0n) is 15.6. The Morgan fingerprint density at radius 2 is 1.61 bits per heavy atom. The summed E-state index contributed by atoms with van der Waals surface area (Å²) in [4.78, 5) is 13.2. The lowest BCUT2D eigenvalue weighted by molar-refractivity contribution is 0.102. The van der Waals surface area contributed by atoms with E-state index in [4.69, 9.17) is 13.9 Å². The van der Waals surface area contributed by atoms with Gasteiger partial charge in [0.1, 0.15) is 22.8 Å². The van der Waals surface area contributed by atoms with Crippen LogP contribution < -0.4 is 14.8 Å². The van der Waals surface area contributed by atoms with Gasteiger partial charge in [0.15, 0.2) is 0 Å². The van der Waals surface area contributed by atoms with Gasteiger partial charge < -0.3 is 19.2 Å². The van der Waals surface area contributed by atoms with Crippen LogP contribution in [0.3, 0.4) is 0 Å². The molecule has 0 saturated heterocycles. The lowest BCUT2D eigenvalue weighted by atomic mass is 10.0. The van der Waals surface area contributed by atoms with Gasteiger partial charge in [-0.25, -0.2) is 0 Å². The first-order valence-electron chi connectivity index (χ1n) is 8.81. The molecule has 3 aromatic carbocycles. The summed E-state index contributed by atoms with van der Waals surface area (Å²) in [7, 11) is 3.18. The molecule has 0 fully saturated rings. The van der Waals surface area contributed by atoms with Gasteiger partial charge in [-0.05, 0) is 30.3 Å². The smallest absolute Gasteiger partial charge is 0.260 e. The Balaban J connectivity index is 1.84. The van der Waals surface area contributed by atoms with Gasteiger partial charge in [-0.1, -0.05) is 36.4 Å². The Morgan fingerprint density at radius 3 is 2.36 bits per heavy atom. The maximum atomic E-state index is 13.2. The molecule has 28 heavy (non-hydrogen) atoms. The van der Waals surface area contributed by atoms with Crippen molar-refractivity contribution in [2.45, 2.75) is 0 Å². The second-order valence-electron chi connectivity index (χ2n) is 6.22. The number of furan rings is 1. The average Bonchev–Trinajstić information content (AvgIpc) is 3.13. The topological polar surface area (TPSA) is 60.7 Å². The lowest BCUT2D eigenvalue weighted by Gasteiger charge is -2.08. The minimum atomic E-state index is -0.265. The molecule has 4 rings (SSSR count). The summed E-state index contributed by atoms with van der Waals surface area (Å²) >= 11 is 0. The fourth-order valence-corrected chi connectivity index (χ4v) is 3.12. The Hall–Kier alpha value is -3.73. The van der Waals surface area contributed by atoms with Gasteiger partial charge in [0.2, 0.25) is 0 Å². The molecular weight excluding hydrogens is 354 g/mol. The molecule has 5 nitrogen and oxygen atoms in total. The number of carbonyl (C=O) groups excluding carboxylic acids is 1. The normalized spacial score (nSPS) is 10.6. The van der Waals surface area contributed by atoms with Crippen molar-refractivity contribution in [1.29, 1.82) is 0 Å². The van der Waals surface area contributed by atoms with Crippen molar-refractivity contribution in [3.63, 3.8) is 0 Å². The molecule has 0 spiro atoms. The Morgan fingerprint density at radius 1 is 0.857 bits per heavy atom. The molecule has 0 atom stereocenters. The van der Waals surface area contributed by atoms with Crippen LogP contribution in [0.4, 0.5) is 5.69 Å². The zero-order chi connectivity index (χ0) is 19.5. The van der Waals surface area contributed by atoms with Gasteiger partial charge in [-0.15, -0.1) is 0 Å². The standard InChI is InChI=1S/C23H19NO4/c1-26-17-10-6-9-16(13-17)24-23(25)21-19-14-18(27-2)11-12-20(19)28-22(21)15-7-4-3-5-8-15/h3-14H,1-2H3,(H,24,25). The first kappa shape index (κ1) is 17.7. The number of ether oxygens (including phenoxy) is 2. The van der Waals surface area contributed by atoms with Crippen LogP contribution in [-0.2, 0) is 0 Å². The molecule has 1 heterocycles. The molecule has 0 saturated carbocycles. The van der Waals surface area contributed by atoms with Crippen molar-refractivity contribution in [2.75, 3.05) is 19.5 Å². The quantitative estimate of drug-likeness (QED) is 0.511. The van der Waals surface area contributed by atoms with Crippen LogP contribution in [0.5, 0.6) is 11.5 Å². The SMILES string of the molecule is COc1cccc(NC(=O)c2c(-c3ccccc3)oc3ccc(OC)cc23)c1. The van der Waals surface area contributed by atoms with Gasteiger partial charge in [-0.2, -0.15) is 0 Å². The van der Waals surface area contributed by atoms with Crippen molar-refractivity contribution in [3.05, 3.63) is 78.4 Å². The Labute approximate surface area is 162 Å². The van der Waals surface area contributed by atoms with Crippen LogP contribution in [0.15, 0.2) is 77.2 Å². The molecule has 1 amide bonds. The molecule has 5 heteroatoms. The van der Waals surface area contributed by atoms with Crippen LogP contribution in [0.1, 0.15) is 10.4 Å². The van der Waals surface area contributed by atoms with Crippen LogP contribution in [-0.4, -0.2) is 20.1 Å². The summed E-state index contributed by atoms with van der Waals surface area (Å²) in [6.07, 6.45) is 0. The van der Waals surface area contributed by atoms with E-state index >= 15 is 0 Å². The highest BCUT2D eigenvalue weighted by Crippen LogP contribution is 2.36. The number of fused-ring (bicyclic) bond motifs is 1. The van der Waals surface area contributed by atoms with Crippen LogP contribution in [0.2, 0.25) is 0 Å². The van der Waals surface area contributed by atoms with E-state index in [0.717, 1.165) is 5.56 Å². The molecule has 0 aliphatic heterocycles. The average molecular weight is 373 g/mol. The number of carbonyl (C=O) groups is 1. The Bertz CT molecular complexity index is 1130. The van der Waals surface area contributed by atoms with Crippen molar-refractivity contribution in [1.82, 2.24) is 0 Å². The first-order chi connectivity index (χ1) is 13.7. The number of nitrogens with one attached hydrogen (secondary N) is 1. The van der Waals surface area contributed by atoms with E-state index in [0.29, 0.717) is 39.5 Å². The third kappa shape index (κ3) is 3.30. The molecule has 0 aliphatic rings. The van der Waals surface area contributed by atoms with Crippen LogP contribution in [0.25, 0.3) is 22.3 Å². The molecule has 1 aromatic heterocycles. The van der Waals surface area contributed by atoms with Gasteiger partial charge in [0.05, 0.1) is 19.8 Å². The number of hydrogen-bond donors (Lipinski definition) is 1. The largest absolute Gasteiger partial charge is 0.497 e. The fraction of sp³-hybridized carbons (Fsp3) is 0.0870. The second-order valence-corrected chi connectivity index (χ2v) is 6.22. The minimum absolute atomic E-state index is 0.265. The summed E-state index contributed by atoms with van der Waals surface area (Å²) in [6.45, 7) is 0. The van der Waals surface area contributed by atoms with E-state index < -0.39 is 0 Å². The van der Waals surface area contributed by atoms with E-state index in [1.165, 1.54) is 0 Å². The van der Waals surface area contributed by atoms with Crippen molar-refractivity contribution in [2.24, 2.45) is 0 Å². The molecule has 1 N–H and O–H groups in total. The maximum absolute atomic E-state index is 13.2. The van der Waals surface area contributed by atoms with Gasteiger partial charge in [0.25, 0.3) is 5.91 Å². The van der Waals surface area contributed by atoms with Crippen LogP contribution in [0, 0.1) is 0 Å². The molecule has 140 valence electrons. The summed E-state index contributed by atoms with van der Waals surface area (Å²) in [5.41, 5.74) is 2.55. The van der Waals surface area contributed by atoms with Gasteiger partial charge >= 0.3 is 0 Å². The van der Waals surface area contributed by atoms with Crippen LogP contribution >= 0.6 is 0 Å². The number of hydrogen-bond acceptors (Lipinski definition) is 4. The van der Waals surface area contributed by atoms with E-state index in [9.17, 15) is 4.79 Å². The molecule has 0 aliphatic carbocycles. The molecule has 4 aromatic rings. The van der Waals surface area contributed by atoms with Crippen molar-refractivity contribution >= 4 is 22.6 Å². The van der Waals surface area contributed by atoms with Crippen molar-refractivity contribution in [3.8, 4) is 22.8 Å². The zero-order valence-corrected chi connectivity index (χ0v) is 15.6. The number of amides is 1. The Kier molecular flexibility index (Phi) is 4.72. The van der Waals surface area contributed by atoms with E-state index in [1.807, 2.05) is 66.7 Å². The second kappa shape index (κ2) is 7.48. The van der Waals surface area contributed by atoms with E-state index in [2.05, 4.69) is 5.32 Å². The molecular formula is C23H19NO4. The van der Waals surface area contributed by atoms with E-state index in [1.54, 1.807) is 20.3 Å². The first-order valence-corrected chi connectivity index (χ1v) is 8.81. The van der Waals surface area contributed by atoms with Crippen molar-refractivity contribution < 1.29 is 18.7 Å². The highest BCUT2D eigenvalue weighted by atomic mass is 16.5. The minimum Gasteiger partial charge on any atom is -0.497 e. The predicted molar refractivity (Wildman–Crippen MR) is 109 cm³/mol. The molecule has 0 bridgehead atoms. The van der Waals surface area contributed by atoms with Gasteiger partial charge in [0, 0.05) is 22.7 Å². The highest BCUT2D eigenvalue weighted by Gasteiger charge is 2.23. The maximum Gasteiger partial charge on any atom is 0.260 e. The molecule has 0 radical (unpaired) electrons.